The van der Waals surface area contributed by atoms with Crippen LogP contribution in [-0.4, -0.2) is 30.0 Å². The molecule has 0 aromatic carbocycles. The van der Waals surface area contributed by atoms with Gasteiger partial charge in [0, 0.05) is 14.2 Å². The molecule has 0 spiro atoms. The molecule has 1 rings (SSSR count). The molecule has 0 aliphatic heterocycles. The van der Waals surface area contributed by atoms with Gasteiger partial charge in [-0.05, 0) is 0 Å². The summed E-state index contributed by atoms with van der Waals surface area (Å²) in [5.41, 5.74) is 6.46. The van der Waals surface area contributed by atoms with E-state index >= 15 is 0 Å². The molecule has 14 heavy (non-hydrogen) atoms. The number of nitrogens with zero attached hydrogens (tertiary/aromatic N) is 2. The van der Waals surface area contributed by atoms with Gasteiger partial charge in [-0.1, -0.05) is 0 Å². The number of hydrogen-bond acceptors (Lipinski definition) is 5. The number of aryl methyl sites for hydroxylation is 1. The van der Waals surface area contributed by atoms with E-state index in [9.17, 15) is 4.79 Å². The zero-order chi connectivity index (χ0) is 10.7. The molecule has 6 nitrogen and oxygen atoms in total. The highest BCUT2D eigenvalue weighted by Gasteiger charge is 2.20. The number of nitrogens with two attached hydrogens (primary N) is 1. The van der Waals surface area contributed by atoms with Crippen LogP contribution in [-0.2, 0) is 23.1 Å². The van der Waals surface area contributed by atoms with Gasteiger partial charge in [0.2, 0.25) is 0 Å². The Kier molecular flexibility index (Phi) is 3.08. The number of carbonyl (C=O) groups is 1. The first-order valence-corrected chi connectivity index (χ1v) is 4.00. The van der Waals surface area contributed by atoms with Crippen molar-refractivity contribution >= 4 is 11.8 Å². The van der Waals surface area contributed by atoms with E-state index in [2.05, 4.69) is 9.84 Å². The van der Waals surface area contributed by atoms with Gasteiger partial charge >= 0.3 is 5.97 Å². The van der Waals surface area contributed by atoms with Crippen LogP contribution in [0.25, 0.3) is 0 Å². The van der Waals surface area contributed by atoms with Crippen LogP contribution in [0.3, 0.4) is 0 Å². The standard InChI is InChI=1S/C8H13N3O3/c1-11-7(9)5(4-13-2)6(10-11)8(12)14-3/h4,9H2,1-3H3. The van der Waals surface area contributed by atoms with Crippen molar-refractivity contribution in [2.45, 2.75) is 6.61 Å². The van der Waals surface area contributed by atoms with E-state index in [-0.39, 0.29) is 12.3 Å². The summed E-state index contributed by atoms with van der Waals surface area (Å²) in [5.74, 6) is -0.100. The van der Waals surface area contributed by atoms with E-state index in [4.69, 9.17) is 10.5 Å². The first kappa shape index (κ1) is 10.5. The second-order valence-corrected chi connectivity index (χ2v) is 2.76. The van der Waals surface area contributed by atoms with Crippen molar-refractivity contribution in [1.82, 2.24) is 9.78 Å². The van der Waals surface area contributed by atoms with Crippen LogP contribution in [0.15, 0.2) is 0 Å². The first-order chi connectivity index (χ1) is 6.61. The Morgan fingerprint density at radius 2 is 2.21 bits per heavy atom. The van der Waals surface area contributed by atoms with Crippen LogP contribution >= 0.6 is 0 Å². The second-order valence-electron chi connectivity index (χ2n) is 2.76. The van der Waals surface area contributed by atoms with Crippen molar-refractivity contribution in [1.29, 1.82) is 0 Å². The third-order valence-corrected chi connectivity index (χ3v) is 1.86. The van der Waals surface area contributed by atoms with Crippen molar-refractivity contribution in [2.24, 2.45) is 7.05 Å². The second kappa shape index (κ2) is 4.10. The van der Waals surface area contributed by atoms with Gasteiger partial charge in [-0.2, -0.15) is 5.10 Å². The molecule has 0 amide bonds. The Hall–Kier alpha value is -1.56. The third-order valence-electron chi connectivity index (χ3n) is 1.86. The number of rotatable bonds is 3. The quantitative estimate of drug-likeness (QED) is 0.689. The van der Waals surface area contributed by atoms with Gasteiger partial charge in [-0.25, -0.2) is 4.79 Å². The molecule has 78 valence electrons. The molecular weight excluding hydrogens is 186 g/mol. The molecule has 0 bridgehead atoms. The van der Waals surface area contributed by atoms with Crippen LogP contribution in [0.5, 0.6) is 0 Å². The molecule has 2 N–H and O–H groups in total. The minimum atomic E-state index is -0.510. The van der Waals surface area contributed by atoms with E-state index in [1.54, 1.807) is 7.05 Å². The lowest BCUT2D eigenvalue weighted by molar-refractivity contribution is 0.0588. The van der Waals surface area contributed by atoms with Gasteiger partial charge in [-0.15, -0.1) is 0 Å². The molecule has 0 atom stereocenters. The first-order valence-electron chi connectivity index (χ1n) is 4.00. The largest absolute Gasteiger partial charge is 0.464 e. The molecule has 0 aliphatic carbocycles. The van der Waals surface area contributed by atoms with Gasteiger partial charge in [0.15, 0.2) is 5.69 Å². The van der Waals surface area contributed by atoms with E-state index in [1.165, 1.54) is 18.9 Å². The molecule has 0 saturated carbocycles. The Morgan fingerprint density at radius 3 is 2.71 bits per heavy atom. The molecule has 0 saturated heterocycles. The number of carbonyl (C=O) groups excluding carboxylic acids is 1. The number of ether oxygens (including phenoxy) is 2. The average Bonchev–Trinajstić information content (AvgIpc) is 2.45. The van der Waals surface area contributed by atoms with Gasteiger partial charge < -0.3 is 15.2 Å². The zero-order valence-corrected chi connectivity index (χ0v) is 8.40. The molecular formula is C8H13N3O3. The highest BCUT2D eigenvalue weighted by atomic mass is 16.5. The number of aromatic nitrogens is 2. The maximum absolute atomic E-state index is 11.3. The molecule has 6 heteroatoms. The Balaban J connectivity index is 3.14. The maximum Gasteiger partial charge on any atom is 0.359 e. The number of nitrogen functional groups attached to an aromatic ring is 1. The zero-order valence-electron chi connectivity index (χ0n) is 8.40. The highest BCUT2D eigenvalue weighted by Crippen LogP contribution is 2.17. The lowest BCUT2D eigenvalue weighted by Crippen LogP contribution is -2.06. The van der Waals surface area contributed by atoms with Crippen molar-refractivity contribution in [3.05, 3.63) is 11.3 Å². The lowest BCUT2D eigenvalue weighted by Gasteiger charge is -2.00. The Labute approximate surface area is 81.6 Å². The van der Waals surface area contributed by atoms with Crippen LogP contribution in [0, 0.1) is 0 Å². The number of anilines is 1. The smallest absolute Gasteiger partial charge is 0.359 e. The summed E-state index contributed by atoms with van der Waals surface area (Å²) < 4.78 is 10.9. The summed E-state index contributed by atoms with van der Waals surface area (Å²) in [6, 6.07) is 0. The van der Waals surface area contributed by atoms with Gasteiger partial charge in [0.1, 0.15) is 5.82 Å². The van der Waals surface area contributed by atoms with Crippen molar-refractivity contribution < 1.29 is 14.3 Å². The molecule has 0 radical (unpaired) electrons. The lowest BCUT2D eigenvalue weighted by atomic mass is 10.2. The summed E-state index contributed by atoms with van der Waals surface area (Å²) in [6.07, 6.45) is 0. The summed E-state index contributed by atoms with van der Waals surface area (Å²) in [5, 5.41) is 3.94. The number of esters is 1. The van der Waals surface area contributed by atoms with E-state index in [0.29, 0.717) is 11.4 Å². The van der Waals surface area contributed by atoms with E-state index < -0.39 is 5.97 Å². The Morgan fingerprint density at radius 1 is 1.57 bits per heavy atom. The summed E-state index contributed by atoms with van der Waals surface area (Å²) >= 11 is 0. The molecule has 1 heterocycles. The van der Waals surface area contributed by atoms with Gasteiger partial charge in [0.25, 0.3) is 0 Å². The molecule has 0 fully saturated rings. The maximum atomic E-state index is 11.3. The van der Waals surface area contributed by atoms with E-state index in [1.807, 2.05) is 0 Å². The topological polar surface area (TPSA) is 79.4 Å². The minimum Gasteiger partial charge on any atom is -0.464 e. The van der Waals surface area contributed by atoms with Crippen molar-refractivity contribution in [3.8, 4) is 0 Å². The summed E-state index contributed by atoms with van der Waals surface area (Å²) in [7, 11) is 4.47. The van der Waals surface area contributed by atoms with Gasteiger partial charge in [0.05, 0.1) is 19.3 Å². The predicted octanol–water partition coefficient (Wildman–Crippen LogP) is -0.0647. The third kappa shape index (κ3) is 1.69. The number of hydrogen-bond donors (Lipinski definition) is 1. The monoisotopic (exact) mass is 199 g/mol. The van der Waals surface area contributed by atoms with E-state index in [0.717, 1.165) is 0 Å². The van der Waals surface area contributed by atoms with Crippen LogP contribution < -0.4 is 5.73 Å². The molecule has 1 aromatic rings. The van der Waals surface area contributed by atoms with Crippen molar-refractivity contribution in [2.75, 3.05) is 20.0 Å². The normalized spacial score (nSPS) is 10.2. The Bertz CT molecular complexity index is 346. The highest BCUT2D eigenvalue weighted by molar-refractivity contribution is 5.90. The van der Waals surface area contributed by atoms with Crippen LogP contribution in [0.1, 0.15) is 16.1 Å². The van der Waals surface area contributed by atoms with Gasteiger partial charge in [-0.3, -0.25) is 4.68 Å². The molecule has 1 aromatic heterocycles. The SMILES string of the molecule is COCc1c(C(=O)OC)nn(C)c1N. The predicted molar refractivity (Wildman–Crippen MR) is 49.7 cm³/mol. The van der Waals surface area contributed by atoms with Crippen molar-refractivity contribution in [3.63, 3.8) is 0 Å². The molecule has 0 unspecified atom stereocenters. The summed E-state index contributed by atoms with van der Waals surface area (Å²) in [6.45, 7) is 0.240. The summed E-state index contributed by atoms with van der Waals surface area (Å²) in [4.78, 5) is 11.3. The fourth-order valence-corrected chi connectivity index (χ4v) is 1.13. The number of methoxy groups -OCH3 is 2. The molecule has 0 aliphatic rings. The fraction of sp³-hybridized carbons (Fsp3) is 0.500. The fourth-order valence-electron chi connectivity index (χ4n) is 1.13. The minimum absolute atomic E-state index is 0.203. The van der Waals surface area contributed by atoms with Crippen LogP contribution in [0.2, 0.25) is 0 Å². The average molecular weight is 199 g/mol. The van der Waals surface area contributed by atoms with Crippen LogP contribution in [0.4, 0.5) is 5.82 Å².